The summed E-state index contributed by atoms with van der Waals surface area (Å²) in [5.41, 5.74) is 4.16. The number of nitrogens with zero attached hydrogens (tertiary/aromatic N) is 2. The van der Waals surface area contributed by atoms with Gasteiger partial charge in [-0.1, -0.05) is 23.5 Å². The topological polar surface area (TPSA) is 75.5 Å². The van der Waals surface area contributed by atoms with E-state index in [2.05, 4.69) is 15.0 Å². The van der Waals surface area contributed by atoms with Crippen LogP contribution in [0.3, 0.4) is 0 Å². The van der Waals surface area contributed by atoms with Crippen molar-refractivity contribution < 1.29 is 9.59 Å². The molecular formula is C22H20N4O2S. The third-order valence-electron chi connectivity index (χ3n) is 5.47. The fraction of sp³-hybridized carbons (Fsp3) is 0.227. The van der Waals surface area contributed by atoms with Gasteiger partial charge in [0.2, 0.25) is 0 Å². The van der Waals surface area contributed by atoms with Crippen LogP contribution in [-0.2, 0) is 0 Å². The number of rotatable bonds is 4. The van der Waals surface area contributed by atoms with Crippen molar-refractivity contribution in [3.05, 3.63) is 59.8 Å². The van der Waals surface area contributed by atoms with E-state index in [1.807, 2.05) is 36.5 Å². The monoisotopic (exact) mass is 404 g/mol. The maximum Gasteiger partial charge on any atom is 0.251 e. The summed E-state index contributed by atoms with van der Waals surface area (Å²) < 4.78 is 3.09. The highest BCUT2D eigenvalue weighted by molar-refractivity contribution is 7.23. The van der Waals surface area contributed by atoms with Gasteiger partial charge in [-0.15, -0.1) is 0 Å². The number of carbonyl (C=O) groups excluding carboxylic acids is 2. The number of thiazole rings is 1. The average molecular weight is 404 g/mol. The molecule has 0 atom stereocenters. The number of nitrogens with one attached hydrogen (secondary N) is 2. The Morgan fingerprint density at radius 1 is 1.07 bits per heavy atom. The summed E-state index contributed by atoms with van der Waals surface area (Å²) in [7, 11) is 1.62. The Balaban J connectivity index is 1.44. The fourth-order valence-electron chi connectivity index (χ4n) is 3.54. The van der Waals surface area contributed by atoms with Crippen LogP contribution in [0.25, 0.3) is 26.4 Å². The maximum atomic E-state index is 12.4. The number of carbonyl (C=O) groups is 2. The number of hydrogen-bond acceptors (Lipinski definition) is 4. The predicted molar refractivity (Wildman–Crippen MR) is 115 cm³/mol. The summed E-state index contributed by atoms with van der Waals surface area (Å²) in [5, 5.41) is 5.71. The molecule has 2 N–H and O–H groups in total. The molecule has 2 aromatic heterocycles. The SMILES string of the molecule is CNC(=O)c1ccc(-c2cn3c(n2)sc2cc(C(=O)NC4CCC4)ccc23)cc1. The van der Waals surface area contributed by atoms with Gasteiger partial charge < -0.3 is 10.6 Å². The largest absolute Gasteiger partial charge is 0.355 e. The van der Waals surface area contributed by atoms with E-state index in [0.717, 1.165) is 39.3 Å². The molecule has 7 heteroatoms. The minimum absolute atomic E-state index is 0.000430. The van der Waals surface area contributed by atoms with Crippen molar-refractivity contribution in [2.45, 2.75) is 25.3 Å². The molecule has 0 radical (unpaired) electrons. The maximum absolute atomic E-state index is 12.4. The van der Waals surface area contributed by atoms with Crippen LogP contribution in [0.1, 0.15) is 40.0 Å². The molecule has 2 amide bonds. The van der Waals surface area contributed by atoms with Crippen molar-refractivity contribution in [2.75, 3.05) is 7.05 Å². The number of fused-ring (bicyclic) bond motifs is 3. The van der Waals surface area contributed by atoms with Crippen molar-refractivity contribution >= 4 is 38.3 Å². The Labute approximate surface area is 171 Å². The number of amides is 2. The molecule has 2 aromatic carbocycles. The summed E-state index contributed by atoms with van der Waals surface area (Å²) >= 11 is 1.57. The van der Waals surface area contributed by atoms with Crippen LogP contribution in [0.15, 0.2) is 48.7 Å². The van der Waals surface area contributed by atoms with Crippen molar-refractivity contribution in [3.8, 4) is 11.3 Å². The smallest absolute Gasteiger partial charge is 0.251 e. The van der Waals surface area contributed by atoms with Gasteiger partial charge in [0, 0.05) is 36.0 Å². The quantitative estimate of drug-likeness (QED) is 0.542. The first-order chi connectivity index (χ1) is 14.1. The van der Waals surface area contributed by atoms with E-state index in [1.54, 1.807) is 30.5 Å². The van der Waals surface area contributed by atoms with E-state index in [-0.39, 0.29) is 11.8 Å². The second-order valence-corrected chi connectivity index (χ2v) is 8.33. The molecule has 1 aliphatic rings. The zero-order valence-electron chi connectivity index (χ0n) is 15.9. The lowest BCUT2D eigenvalue weighted by atomic mass is 9.93. The normalized spacial score (nSPS) is 14.1. The summed E-state index contributed by atoms with van der Waals surface area (Å²) in [6.07, 6.45) is 5.35. The zero-order valence-corrected chi connectivity index (χ0v) is 16.8. The van der Waals surface area contributed by atoms with Gasteiger partial charge in [0.1, 0.15) is 0 Å². The van der Waals surface area contributed by atoms with E-state index in [0.29, 0.717) is 17.2 Å². The molecule has 6 nitrogen and oxygen atoms in total. The van der Waals surface area contributed by atoms with Gasteiger partial charge in [-0.25, -0.2) is 4.98 Å². The lowest BCUT2D eigenvalue weighted by Gasteiger charge is -2.26. The molecule has 29 heavy (non-hydrogen) atoms. The molecular weight excluding hydrogens is 384 g/mol. The van der Waals surface area contributed by atoms with Crippen LogP contribution in [0, 0.1) is 0 Å². The van der Waals surface area contributed by atoms with E-state index in [1.165, 1.54) is 6.42 Å². The van der Waals surface area contributed by atoms with Gasteiger partial charge >= 0.3 is 0 Å². The summed E-state index contributed by atoms with van der Waals surface area (Å²) in [5.74, 6) is -0.106. The third kappa shape index (κ3) is 3.17. The Morgan fingerprint density at radius 3 is 2.52 bits per heavy atom. The molecule has 1 saturated carbocycles. The Morgan fingerprint density at radius 2 is 1.83 bits per heavy atom. The third-order valence-corrected chi connectivity index (χ3v) is 6.48. The molecule has 0 aliphatic heterocycles. The molecule has 0 unspecified atom stereocenters. The van der Waals surface area contributed by atoms with Crippen molar-refractivity contribution in [3.63, 3.8) is 0 Å². The minimum Gasteiger partial charge on any atom is -0.355 e. The van der Waals surface area contributed by atoms with Gasteiger partial charge in [-0.3, -0.25) is 14.0 Å². The zero-order chi connectivity index (χ0) is 20.0. The van der Waals surface area contributed by atoms with Crippen molar-refractivity contribution in [1.82, 2.24) is 20.0 Å². The van der Waals surface area contributed by atoms with Crippen LogP contribution in [0.4, 0.5) is 0 Å². The molecule has 0 bridgehead atoms. The predicted octanol–water partition coefficient (Wildman–Crippen LogP) is 3.86. The fourth-order valence-corrected chi connectivity index (χ4v) is 4.59. The number of aromatic nitrogens is 2. The molecule has 5 rings (SSSR count). The molecule has 0 saturated heterocycles. The van der Waals surface area contributed by atoms with E-state index >= 15 is 0 Å². The van der Waals surface area contributed by atoms with Gasteiger partial charge in [0.25, 0.3) is 11.8 Å². The lowest BCUT2D eigenvalue weighted by molar-refractivity contribution is 0.0915. The van der Waals surface area contributed by atoms with Crippen molar-refractivity contribution in [1.29, 1.82) is 0 Å². The highest BCUT2D eigenvalue weighted by Gasteiger charge is 2.20. The average Bonchev–Trinajstić information content (AvgIpc) is 3.27. The number of benzene rings is 2. The summed E-state index contributed by atoms with van der Waals surface area (Å²) in [6, 6.07) is 13.5. The van der Waals surface area contributed by atoms with Gasteiger partial charge in [0.05, 0.1) is 15.9 Å². The van der Waals surface area contributed by atoms with Crippen LogP contribution >= 0.6 is 11.3 Å². The van der Waals surface area contributed by atoms with Crippen molar-refractivity contribution in [2.24, 2.45) is 0 Å². The standard InChI is InChI=1S/C22H20N4O2S/c1-23-20(27)14-7-5-13(6-8-14)17-12-26-18-10-9-15(11-19(18)29-22(26)25-17)21(28)24-16-3-2-4-16/h5-12,16H,2-4H2,1H3,(H,23,27)(H,24,28). The molecule has 1 fully saturated rings. The van der Waals surface area contributed by atoms with Crippen LogP contribution in [0.5, 0.6) is 0 Å². The molecule has 1 aliphatic carbocycles. The molecule has 0 spiro atoms. The highest BCUT2D eigenvalue weighted by atomic mass is 32.1. The first-order valence-electron chi connectivity index (χ1n) is 9.67. The summed E-state index contributed by atoms with van der Waals surface area (Å²) in [6.45, 7) is 0. The minimum atomic E-state index is -0.106. The van der Waals surface area contributed by atoms with Gasteiger partial charge in [0.15, 0.2) is 4.96 Å². The van der Waals surface area contributed by atoms with E-state index in [4.69, 9.17) is 4.98 Å². The van der Waals surface area contributed by atoms with E-state index < -0.39 is 0 Å². The number of imidazole rings is 1. The van der Waals surface area contributed by atoms with E-state index in [9.17, 15) is 9.59 Å². The Bertz CT molecular complexity index is 1240. The highest BCUT2D eigenvalue weighted by Crippen LogP contribution is 2.30. The summed E-state index contributed by atoms with van der Waals surface area (Å²) in [4.78, 5) is 29.7. The van der Waals surface area contributed by atoms with Crippen LogP contribution in [0.2, 0.25) is 0 Å². The van der Waals surface area contributed by atoms with Crippen LogP contribution in [-0.4, -0.2) is 34.3 Å². The number of hydrogen-bond donors (Lipinski definition) is 2. The Hall–Kier alpha value is -3.19. The molecule has 4 aromatic rings. The molecule has 146 valence electrons. The first-order valence-corrected chi connectivity index (χ1v) is 10.5. The van der Waals surface area contributed by atoms with Gasteiger partial charge in [-0.2, -0.15) is 0 Å². The Kier molecular flexibility index (Phi) is 4.32. The second kappa shape index (κ2) is 7.00. The molecule has 2 heterocycles. The van der Waals surface area contributed by atoms with Crippen LogP contribution < -0.4 is 10.6 Å². The second-order valence-electron chi connectivity index (χ2n) is 7.32. The lowest BCUT2D eigenvalue weighted by Crippen LogP contribution is -2.39. The van der Waals surface area contributed by atoms with Gasteiger partial charge in [-0.05, 0) is 49.6 Å². The first kappa shape index (κ1) is 17.9.